The van der Waals surface area contributed by atoms with Crippen LogP contribution in [0, 0.1) is 23.7 Å². The van der Waals surface area contributed by atoms with Gasteiger partial charge in [-0.25, -0.2) is 0 Å². The number of hydrogen-bond donors (Lipinski definition) is 0. The van der Waals surface area contributed by atoms with E-state index < -0.39 is 0 Å². The highest BCUT2D eigenvalue weighted by Crippen LogP contribution is 2.54. The summed E-state index contributed by atoms with van der Waals surface area (Å²) in [4.78, 5) is 11.3. The standard InChI is InChI=1S/C18H22O2/c1-11(19)14-2-4-17(5-3-14)20-18-15-7-12-6-13(9-15)10-16(18)8-12/h2-5,12-13,15-16,18H,6-10H2,1H3. The smallest absolute Gasteiger partial charge is 0.159 e. The summed E-state index contributed by atoms with van der Waals surface area (Å²) in [5.74, 6) is 4.57. The number of ketones is 1. The first-order valence-electron chi connectivity index (χ1n) is 7.96. The normalized spacial score (nSPS) is 38.0. The lowest BCUT2D eigenvalue weighted by Gasteiger charge is -2.53. The van der Waals surface area contributed by atoms with Crippen LogP contribution in [0.3, 0.4) is 0 Å². The molecule has 4 saturated carbocycles. The van der Waals surface area contributed by atoms with Gasteiger partial charge in [-0.2, -0.15) is 0 Å². The van der Waals surface area contributed by atoms with Gasteiger partial charge in [-0.15, -0.1) is 0 Å². The Morgan fingerprint density at radius 3 is 2.00 bits per heavy atom. The quantitative estimate of drug-likeness (QED) is 0.773. The highest BCUT2D eigenvalue weighted by molar-refractivity contribution is 5.94. The Bertz CT molecular complexity index is 489. The molecule has 0 amide bonds. The second-order valence-corrected chi connectivity index (χ2v) is 7.09. The number of benzene rings is 1. The lowest BCUT2D eigenvalue weighted by Crippen LogP contribution is -2.50. The molecule has 0 atom stereocenters. The number of ether oxygens (including phenoxy) is 1. The molecule has 0 unspecified atom stereocenters. The van der Waals surface area contributed by atoms with Gasteiger partial charge in [0.25, 0.3) is 0 Å². The second kappa shape index (κ2) is 4.61. The van der Waals surface area contributed by atoms with E-state index in [1.165, 1.54) is 32.1 Å². The maximum absolute atomic E-state index is 11.3. The summed E-state index contributed by atoms with van der Waals surface area (Å²) in [7, 11) is 0. The SMILES string of the molecule is CC(=O)c1ccc(OC2C3CC4CC(C3)CC2C4)cc1. The molecule has 0 radical (unpaired) electrons. The van der Waals surface area contributed by atoms with Crippen LogP contribution in [0.1, 0.15) is 49.4 Å². The Morgan fingerprint density at radius 2 is 1.50 bits per heavy atom. The third-order valence-corrected chi connectivity index (χ3v) is 5.67. The van der Waals surface area contributed by atoms with Crippen molar-refractivity contribution in [3.63, 3.8) is 0 Å². The second-order valence-electron chi connectivity index (χ2n) is 7.09. The van der Waals surface area contributed by atoms with E-state index in [2.05, 4.69) is 0 Å². The number of carbonyl (C=O) groups excluding carboxylic acids is 1. The molecule has 5 rings (SSSR count). The van der Waals surface area contributed by atoms with Gasteiger partial charge < -0.3 is 4.74 Å². The van der Waals surface area contributed by atoms with Gasteiger partial charge in [-0.1, -0.05) is 0 Å². The fourth-order valence-electron chi connectivity index (χ4n) is 4.99. The molecule has 4 aliphatic carbocycles. The average Bonchev–Trinajstić information content (AvgIpc) is 2.42. The van der Waals surface area contributed by atoms with Crippen LogP contribution in [0.4, 0.5) is 0 Å². The minimum atomic E-state index is 0.117. The summed E-state index contributed by atoms with van der Waals surface area (Å²) in [6.07, 6.45) is 7.41. The van der Waals surface area contributed by atoms with E-state index in [1.54, 1.807) is 6.92 Å². The molecule has 4 fully saturated rings. The van der Waals surface area contributed by atoms with E-state index in [0.717, 1.165) is 35.0 Å². The van der Waals surface area contributed by atoms with Crippen LogP contribution in [-0.2, 0) is 0 Å². The Morgan fingerprint density at radius 1 is 0.950 bits per heavy atom. The van der Waals surface area contributed by atoms with E-state index in [-0.39, 0.29) is 5.78 Å². The van der Waals surface area contributed by atoms with Crippen LogP contribution in [0.2, 0.25) is 0 Å². The Hall–Kier alpha value is -1.31. The van der Waals surface area contributed by atoms with Gasteiger partial charge in [0.15, 0.2) is 5.78 Å². The zero-order chi connectivity index (χ0) is 13.7. The molecule has 4 aliphatic rings. The minimum absolute atomic E-state index is 0.117. The number of carbonyl (C=O) groups is 1. The summed E-state index contributed by atoms with van der Waals surface area (Å²) >= 11 is 0. The van der Waals surface area contributed by atoms with Crippen molar-refractivity contribution in [3.8, 4) is 5.75 Å². The average molecular weight is 270 g/mol. The Kier molecular flexibility index (Phi) is 2.87. The van der Waals surface area contributed by atoms with Gasteiger partial charge in [0, 0.05) is 5.56 Å². The van der Waals surface area contributed by atoms with E-state index in [1.807, 2.05) is 24.3 Å². The van der Waals surface area contributed by atoms with Crippen molar-refractivity contribution in [1.29, 1.82) is 0 Å². The van der Waals surface area contributed by atoms with E-state index in [4.69, 9.17) is 4.74 Å². The topological polar surface area (TPSA) is 26.3 Å². The van der Waals surface area contributed by atoms with Crippen molar-refractivity contribution in [2.45, 2.75) is 45.1 Å². The van der Waals surface area contributed by atoms with Crippen LogP contribution >= 0.6 is 0 Å². The zero-order valence-corrected chi connectivity index (χ0v) is 12.0. The van der Waals surface area contributed by atoms with Crippen molar-refractivity contribution in [3.05, 3.63) is 29.8 Å². The predicted molar refractivity (Wildman–Crippen MR) is 77.9 cm³/mol. The number of Topliss-reactive ketones (excluding diaryl/α,β-unsaturated/α-hetero) is 1. The van der Waals surface area contributed by atoms with Gasteiger partial charge in [0.1, 0.15) is 11.9 Å². The molecule has 1 aromatic rings. The van der Waals surface area contributed by atoms with Crippen LogP contribution in [0.25, 0.3) is 0 Å². The van der Waals surface area contributed by atoms with Crippen LogP contribution < -0.4 is 4.74 Å². The Labute approximate surface area is 120 Å². The third kappa shape index (κ3) is 2.06. The highest BCUT2D eigenvalue weighted by atomic mass is 16.5. The molecule has 0 N–H and O–H groups in total. The predicted octanol–water partition coefficient (Wildman–Crippen LogP) is 4.09. The Balaban J connectivity index is 1.50. The summed E-state index contributed by atoms with van der Waals surface area (Å²) in [6.45, 7) is 1.60. The van der Waals surface area contributed by atoms with Crippen LogP contribution in [0.5, 0.6) is 5.75 Å². The van der Waals surface area contributed by atoms with Crippen molar-refractivity contribution in [2.75, 3.05) is 0 Å². The molecule has 4 bridgehead atoms. The highest BCUT2D eigenvalue weighted by Gasteiger charge is 2.49. The van der Waals surface area contributed by atoms with Crippen LogP contribution in [0.15, 0.2) is 24.3 Å². The molecule has 20 heavy (non-hydrogen) atoms. The molecular formula is C18H22O2. The molecule has 0 aliphatic heterocycles. The molecule has 0 heterocycles. The van der Waals surface area contributed by atoms with E-state index in [0.29, 0.717) is 6.10 Å². The first kappa shape index (κ1) is 12.4. The monoisotopic (exact) mass is 270 g/mol. The molecule has 1 aromatic carbocycles. The molecule has 106 valence electrons. The third-order valence-electron chi connectivity index (χ3n) is 5.67. The molecule has 2 heteroatoms. The summed E-state index contributed by atoms with van der Waals surface area (Å²) in [5, 5.41) is 0. The van der Waals surface area contributed by atoms with E-state index >= 15 is 0 Å². The molecule has 0 aromatic heterocycles. The van der Waals surface area contributed by atoms with Crippen molar-refractivity contribution >= 4 is 5.78 Å². The van der Waals surface area contributed by atoms with Crippen molar-refractivity contribution < 1.29 is 9.53 Å². The first-order chi connectivity index (χ1) is 9.69. The van der Waals surface area contributed by atoms with Gasteiger partial charge in [0.2, 0.25) is 0 Å². The number of rotatable bonds is 3. The zero-order valence-electron chi connectivity index (χ0n) is 12.0. The molecule has 0 saturated heterocycles. The van der Waals surface area contributed by atoms with Gasteiger partial charge >= 0.3 is 0 Å². The molecule has 2 nitrogen and oxygen atoms in total. The fourth-order valence-corrected chi connectivity index (χ4v) is 4.99. The van der Waals surface area contributed by atoms with Crippen LogP contribution in [-0.4, -0.2) is 11.9 Å². The lowest BCUT2D eigenvalue weighted by atomic mass is 9.55. The molecular weight excluding hydrogens is 248 g/mol. The van der Waals surface area contributed by atoms with E-state index in [9.17, 15) is 4.79 Å². The molecule has 0 spiro atoms. The van der Waals surface area contributed by atoms with Crippen molar-refractivity contribution in [1.82, 2.24) is 0 Å². The maximum atomic E-state index is 11.3. The van der Waals surface area contributed by atoms with Gasteiger partial charge in [-0.05, 0) is 87.0 Å². The summed E-state index contributed by atoms with van der Waals surface area (Å²) in [6, 6.07) is 7.69. The van der Waals surface area contributed by atoms with Crippen molar-refractivity contribution in [2.24, 2.45) is 23.7 Å². The first-order valence-corrected chi connectivity index (χ1v) is 7.96. The van der Waals surface area contributed by atoms with Gasteiger partial charge in [-0.3, -0.25) is 4.79 Å². The van der Waals surface area contributed by atoms with Gasteiger partial charge in [0.05, 0.1) is 0 Å². The summed E-state index contributed by atoms with van der Waals surface area (Å²) in [5.41, 5.74) is 0.766. The largest absolute Gasteiger partial charge is 0.490 e. The number of hydrogen-bond acceptors (Lipinski definition) is 2. The fraction of sp³-hybridized carbons (Fsp3) is 0.611. The lowest BCUT2D eigenvalue weighted by molar-refractivity contribution is -0.0789. The maximum Gasteiger partial charge on any atom is 0.159 e. The summed E-state index contributed by atoms with van der Waals surface area (Å²) < 4.78 is 6.31. The minimum Gasteiger partial charge on any atom is -0.490 e.